The lowest BCUT2D eigenvalue weighted by molar-refractivity contribution is 0.283. The van der Waals surface area contributed by atoms with Gasteiger partial charge in [0.15, 0.2) is 0 Å². The summed E-state index contributed by atoms with van der Waals surface area (Å²) in [6, 6.07) is 0. The molecule has 0 bridgehead atoms. The van der Waals surface area contributed by atoms with Crippen LogP contribution in [0.25, 0.3) is 0 Å². The number of rotatable bonds is 17. The van der Waals surface area contributed by atoms with E-state index in [1.54, 1.807) is 0 Å². The molecule has 1 aliphatic heterocycles. The van der Waals surface area contributed by atoms with Gasteiger partial charge in [-0.25, -0.2) is 0 Å². The molecule has 0 aromatic rings. The molecule has 1 aliphatic rings. The Hall–Kier alpha value is -1.34. The third kappa shape index (κ3) is 12.6. The van der Waals surface area contributed by atoms with Crippen LogP contribution in [0, 0.1) is 11.8 Å². The van der Waals surface area contributed by atoms with Crippen molar-refractivity contribution in [1.82, 2.24) is 0 Å². The molecular formula is C32H54O. The molecule has 0 aliphatic carbocycles. The van der Waals surface area contributed by atoms with Crippen molar-refractivity contribution in [2.45, 2.75) is 131 Å². The van der Waals surface area contributed by atoms with E-state index in [2.05, 4.69) is 86.8 Å². The second kappa shape index (κ2) is 14.8. The summed E-state index contributed by atoms with van der Waals surface area (Å²) in [5.74, 6) is 1.21. The van der Waals surface area contributed by atoms with Crippen LogP contribution in [0.2, 0.25) is 0 Å². The van der Waals surface area contributed by atoms with Crippen LogP contribution in [0.1, 0.15) is 120 Å². The van der Waals surface area contributed by atoms with Gasteiger partial charge in [-0.3, -0.25) is 0 Å². The van der Waals surface area contributed by atoms with E-state index in [1.165, 1.54) is 53.5 Å². The SMILES string of the molecule is C=C(CCC=C(C)C)[C@H](C)CC[C@@]1(C)O[C@@H]1CC/C=C(\C)CC/C=C(\C)CC[C@H](C)C(=C)C. The fourth-order valence-electron chi connectivity index (χ4n) is 4.30. The Balaban J connectivity index is 2.24. The fraction of sp³-hybridized carbons (Fsp3) is 0.688. The topological polar surface area (TPSA) is 12.5 Å². The van der Waals surface area contributed by atoms with Crippen LogP contribution in [0.4, 0.5) is 0 Å². The van der Waals surface area contributed by atoms with Crippen molar-refractivity contribution in [2.24, 2.45) is 11.8 Å². The molecule has 0 amide bonds. The summed E-state index contributed by atoms with van der Waals surface area (Å²) >= 11 is 0. The Morgan fingerprint density at radius 3 is 2.06 bits per heavy atom. The second-order valence-corrected chi connectivity index (χ2v) is 11.3. The number of hydrogen-bond donors (Lipinski definition) is 0. The third-order valence-corrected chi connectivity index (χ3v) is 7.59. The Morgan fingerprint density at radius 2 is 1.42 bits per heavy atom. The Bertz CT molecular complexity index is 715. The van der Waals surface area contributed by atoms with Crippen molar-refractivity contribution in [2.75, 3.05) is 0 Å². The lowest BCUT2D eigenvalue weighted by Crippen LogP contribution is -2.12. The van der Waals surface area contributed by atoms with Gasteiger partial charge in [-0.1, -0.05) is 73.1 Å². The minimum absolute atomic E-state index is 0.0942. The van der Waals surface area contributed by atoms with Crippen LogP contribution in [0.15, 0.2) is 59.3 Å². The monoisotopic (exact) mass is 454 g/mol. The summed E-state index contributed by atoms with van der Waals surface area (Å²) in [6.45, 7) is 26.3. The van der Waals surface area contributed by atoms with E-state index >= 15 is 0 Å². The van der Waals surface area contributed by atoms with Crippen molar-refractivity contribution in [3.63, 3.8) is 0 Å². The lowest BCUT2D eigenvalue weighted by atomic mass is 9.88. The maximum Gasteiger partial charge on any atom is 0.0920 e. The van der Waals surface area contributed by atoms with Crippen molar-refractivity contribution in [3.05, 3.63) is 59.3 Å². The van der Waals surface area contributed by atoms with Crippen LogP contribution < -0.4 is 0 Å². The second-order valence-electron chi connectivity index (χ2n) is 11.3. The van der Waals surface area contributed by atoms with Gasteiger partial charge in [-0.05, 0) is 118 Å². The zero-order valence-electron chi connectivity index (χ0n) is 23.4. The summed E-state index contributed by atoms with van der Waals surface area (Å²) in [7, 11) is 0. The van der Waals surface area contributed by atoms with Gasteiger partial charge in [0.1, 0.15) is 0 Å². The lowest BCUT2D eigenvalue weighted by Gasteiger charge is -2.16. The highest BCUT2D eigenvalue weighted by Gasteiger charge is 2.50. The third-order valence-electron chi connectivity index (χ3n) is 7.59. The molecule has 188 valence electrons. The highest BCUT2D eigenvalue weighted by Crippen LogP contribution is 2.44. The average Bonchev–Trinajstić information content (AvgIpc) is 3.39. The summed E-state index contributed by atoms with van der Waals surface area (Å²) < 4.78 is 6.12. The van der Waals surface area contributed by atoms with Gasteiger partial charge in [0, 0.05) is 0 Å². The molecule has 1 heterocycles. The van der Waals surface area contributed by atoms with Gasteiger partial charge < -0.3 is 4.74 Å². The normalized spacial score (nSPS) is 22.6. The first-order valence-corrected chi connectivity index (χ1v) is 13.4. The zero-order chi connectivity index (χ0) is 25.0. The van der Waals surface area contributed by atoms with Crippen molar-refractivity contribution in [3.8, 4) is 0 Å². The standard InChI is InChI=1S/C32H54O/c1-24(2)14-11-18-29(8)30(9)22-23-32(10)31(33-32)19-13-17-26(5)15-12-16-27(6)20-21-28(7)25(3)4/h14,16-17,28,30-31H,3,8,11-13,15,18-23H2,1-2,4-7,9-10H3/b26-17+,27-16+/t28-,30+,31+,32+/m0/s1. The first kappa shape index (κ1) is 29.7. The van der Waals surface area contributed by atoms with Gasteiger partial charge in [-0.15, -0.1) is 0 Å². The summed E-state index contributed by atoms with van der Waals surface area (Å²) in [5.41, 5.74) is 7.22. The maximum absolute atomic E-state index is 6.12. The molecule has 0 radical (unpaired) electrons. The molecule has 33 heavy (non-hydrogen) atoms. The first-order chi connectivity index (χ1) is 15.4. The fourth-order valence-corrected chi connectivity index (χ4v) is 4.30. The molecule has 1 saturated heterocycles. The maximum atomic E-state index is 6.12. The summed E-state index contributed by atoms with van der Waals surface area (Å²) in [6.07, 6.45) is 19.2. The Kier molecular flexibility index (Phi) is 13.3. The summed E-state index contributed by atoms with van der Waals surface area (Å²) in [5, 5.41) is 0. The van der Waals surface area contributed by atoms with Gasteiger partial charge in [0.25, 0.3) is 0 Å². The van der Waals surface area contributed by atoms with E-state index in [4.69, 9.17) is 4.74 Å². The molecule has 0 spiro atoms. The molecular weight excluding hydrogens is 400 g/mol. The number of allylic oxidation sites excluding steroid dienone is 8. The highest BCUT2D eigenvalue weighted by molar-refractivity contribution is 5.08. The van der Waals surface area contributed by atoms with Crippen LogP contribution in [0.5, 0.6) is 0 Å². The quantitative estimate of drug-likeness (QED) is 0.157. The molecule has 4 atom stereocenters. The van der Waals surface area contributed by atoms with Crippen LogP contribution in [0.3, 0.4) is 0 Å². The van der Waals surface area contributed by atoms with Crippen LogP contribution >= 0.6 is 0 Å². The molecule has 0 saturated carbocycles. The van der Waals surface area contributed by atoms with Gasteiger partial charge >= 0.3 is 0 Å². The predicted molar refractivity (Wildman–Crippen MR) is 149 cm³/mol. The number of hydrogen-bond acceptors (Lipinski definition) is 1. The molecule has 1 nitrogen and oxygen atoms in total. The van der Waals surface area contributed by atoms with Crippen molar-refractivity contribution in [1.29, 1.82) is 0 Å². The molecule has 0 aromatic heterocycles. The van der Waals surface area contributed by atoms with Gasteiger partial charge in [0.2, 0.25) is 0 Å². The molecule has 0 unspecified atom stereocenters. The molecule has 0 N–H and O–H groups in total. The Labute approximate surface area is 207 Å². The molecule has 1 fully saturated rings. The van der Waals surface area contributed by atoms with E-state index in [-0.39, 0.29) is 5.60 Å². The zero-order valence-corrected chi connectivity index (χ0v) is 23.4. The van der Waals surface area contributed by atoms with Crippen molar-refractivity contribution < 1.29 is 4.74 Å². The minimum Gasteiger partial charge on any atom is -0.366 e. The van der Waals surface area contributed by atoms with Crippen LogP contribution in [-0.4, -0.2) is 11.7 Å². The Morgan fingerprint density at radius 1 is 0.818 bits per heavy atom. The first-order valence-electron chi connectivity index (χ1n) is 13.4. The van der Waals surface area contributed by atoms with Gasteiger partial charge in [-0.2, -0.15) is 0 Å². The highest BCUT2D eigenvalue weighted by atomic mass is 16.6. The van der Waals surface area contributed by atoms with E-state index in [0.29, 0.717) is 17.9 Å². The predicted octanol–water partition coefficient (Wildman–Crippen LogP) is 10.3. The number of ether oxygens (including phenoxy) is 1. The molecule has 1 heteroatoms. The largest absolute Gasteiger partial charge is 0.366 e. The van der Waals surface area contributed by atoms with E-state index < -0.39 is 0 Å². The minimum atomic E-state index is 0.0942. The van der Waals surface area contributed by atoms with Gasteiger partial charge in [0.05, 0.1) is 11.7 Å². The smallest absolute Gasteiger partial charge is 0.0920 e. The number of epoxide rings is 1. The van der Waals surface area contributed by atoms with Crippen LogP contribution in [-0.2, 0) is 4.74 Å². The molecule has 0 aromatic carbocycles. The molecule has 1 rings (SSSR count). The van der Waals surface area contributed by atoms with E-state index in [9.17, 15) is 0 Å². The van der Waals surface area contributed by atoms with E-state index in [1.807, 2.05) is 0 Å². The van der Waals surface area contributed by atoms with E-state index in [0.717, 1.165) is 38.5 Å². The summed E-state index contributed by atoms with van der Waals surface area (Å²) in [4.78, 5) is 0. The average molecular weight is 455 g/mol. The van der Waals surface area contributed by atoms with Crippen molar-refractivity contribution >= 4 is 0 Å².